The van der Waals surface area contributed by atoms with Gasteiger partial charge in [-0.05, 0) is 78.8 Å². The van der Waals surface area contributed by atoms with Crippen LogP contribution < -0.4 is 4.90 Å². The van der Waals surface area contributed by atoms with E-state index >= 15 is 0 Å². The second kappa shape index (κ2) is 12.7. The number of aryl methyl sites for hydroxylation is 1. The number of benzene rings is 3. The standard InChI is InChI=1S/C35H25Br3Cl2N2O5/c1-2-15-9-17(36)10-21-22(35(46)47-14-27(43)20-8-5-18(39)11-25(20)40)13-26(41-32(15)21)16-3-6-19(7-4-16)42-33(44)28-23-12-24(29(28)34(42)45)31(38)30(23)37/h3-11,13,23-24,28-31H,2,12,14H2,1H3. The Balaban J connectivity index is 1.20. The second-order valence-electron chi connectivity index (χ2n) is 12.1. The molecular formula is C35H25Br3Cl2N2O5. The van der Waals surface area contributed by atoms with Crippen molar-refractivity contribution in [2.45, 2.75) is 29.4 Å². The van der Waals surface area contributed by atoms with E-state index in [-0.39, 0.29) is 61.3 Å². The van der Waals surface area contributed by atoms with Crippen LogP contribution in [0.15, 0.2) is 65.1 Å². The summed E-state index contributed by atoms with van der Waals surface area (Å²) in [5.74, 6) is -1.82. The quantitative estimate of drug-likeness (QED) is 0.0799. The number of carbonyl (C=O) groups is 4. The molecule has 12 heteroatoms. The van der Waals surface area contributed by atoms with Crippen LogP contribution in [-0.2, 0) is 20.7 Å². The molecule has 0 spiro atoms. The van der Waals surface area contributed by atoms with E-state index in [2.05, 4.69) is 47.8 Å². The van der Waals surface area contributed by atoms with E-state index in [9.17, 15) is 19.2 Å². The number of Topliss-reactive ketones (excluding diaryl/α,β-unsaturated/α-hetero) is 1. The van der Waals surface area contributed by atoms with Crippen molar-refractivity contribution in [1.82, 2.24) is 4.98 Å². The molecule has 3 aromatic carbocycles. The maximum atomic E-state index is 13.6. The highest BCUT2D eigenvalue weighted by Crippen LogP contribution is 2.60. The van der Waals surface area contributed by atoms with Gasteiger partial charge >= 0.3 is 5.97 Å². The number of ketones is 1. The third kappa shape index (κ3) is 5.58. The molecule has 7 nitrogen and oxygen atoms in total. The number of carbonyl (C=O) groups excluding carboxylic acids is 4. The molecule has 2 aliphatic carbocycles. The highest BCUT2D eigenvalue weighted by atomic mass is 79.9. The molecule has 3 aliphatic rings. The number of alkyl halides is 2. The molecule has 2 heterocycles. The van der Waals surface area contributed by atoms with Crippen molar-refractivity contribution in [3.63, 3.8) is 0 Å². The van der Waals surface area contributed by atoms with Crippen LogP contribution in [0.5, 0.6) is 0 Å². The van der Waals surface area contributed by atoms with Gasteiger partial charge in [-0.15, -0.1) is 0 Å². The molecule has 47 heavy (non-hydrogen) atoms. The smallest absolute Gasteiger partial charge is 0.339 e. The van der Waals surface area contributed by atoms with Crippen molar-refractivity contribution in [2.75, 3.05) is 11.5 Å². The third-order valence-electron chi connectivity index (χ3n) is 9.53. The van der Waals surface area contributed by atoms with Crippen molar-refractivity contribution in [2.24, 2.45) is 23.7 Å². The Labute approximate surface area is 305 Å². The zero-order valence-corrected chi connectivity index (χ0v) is 31.0. The molecule has 2 bridgehead atoms. The summed E-state index contributed by atoms with van der Waals surface area (Å²) < 4.78 is 6.29. The van der Waals surface area contributed by atoms with E-state index in [0.29, 0.717) is 39.3 Å². The van der Waals surface area contributed by atoms with Crippen LogP contribution >= 0.6 is 71.0 Å². The van der Waals surface area contributed by atoms with Crippen LogP contribution in [0, 0.1) is 23.7 Å². The summed E-state index contributed by atoms with van der Waals surface area (Å²) >= 11 is 23.2. The lowest BCUT2D eigenvalue weighted by Crippen LogP contribution is -2.37. The number of hydrogen-bond donors (Lipinski definition) is 0. The average Bonchev–Trinajstić information content (AvgIpc) is 3.67. The largest absolute Gasteiger partial charge is 0.454 e. The predicted octanol–water partition coefficient (Wildman–Crippen LogP) is 8.86. The third-order valence-corrected chi connectivity index (χ3v) is 13.7. The lowest BCUT2D eigenvalue weighted by molar-refractivity contribution is -0.123. The van der Waals surface area contributed by atoms with E-state index < -0.39 is 18.4 Å². The van der Waals surface area contributed by atoms with Gasteiger partial charge in [-0.2, -0.15) is 0 Å². The zero-order valence-electron chi connectivity index (χ0n) is 24.7. The van der Waals surface area contributed by atoms with Gasteiger partial charge in [0.25, 0.3) is 0 Å². The summed E-state index contributed by atoms with van der Waals surface area (Å²) in [4.78, 5) is 60.1. The van der Waals surface area contributed by atoms with Gasteiger partial charge < -0.3 is 4.74 Å². The maximum absolute atomic E-state index is 13.6. The number of ether oxygens (including phenoxy) is 1. The first-order valence-corrected chi connectivity index (χ1v) is 18.4. The minimum absolute atomic E-state index is 0.126. The first-order valence-electron chi connectivity index (χ1n) is 15.0. The number of halogens is 5. The SMILES string of the molecule is CCc1cc(Br)cc2c(C(=O)OCC(=O)c3ccc(Cl)cc3Cl)cc(-c3ccc(N4C(=O)C5C6CC(C(Br)C6Br)C5C4=O)cc3)nc12. The van der Waals surface area contributed by atoms with Gasteiger partial charge in [-0.3, -0.25) is 19.3 Å². The van der Waals surface area contributed by atoms with E-state index in [1.165, 1.54) is 17.0 Å². The fourth-order valence-electron chi connectivity index (χ4n) is 7.33. The molecule has 0 radical (unpaired) electrons. The number of esters is 1. The molecule has 240 valence electrons. The summed E-state index contributed by atoms with van der Waals surface area (Å²) in [5, 5.41) is 1.13. The first kappa shape index (κ1) is 32.9. The Hall–Kier alpha value is -2.63. The lowest BCUT2D eigenvalue weighted by atomic mass is 9.81. The van der Waals surface area contributed by atoms with E-state index in [4.69, 9.17) is 32.9 Å². The van der Waals surface area contributed by atoms with Crippen LogP contribution in [0.2, 0.25) is 10.0 Å². The number of amides is 2. The molecule has 2 amide bonds. The van der Waals surface area contributed by atoms with E-state index in [0.717, 1.165) is 16.5 Å². The van der Waals surface area contributed by atoms with Crippen LogP contribution in [0.25, 0.3) is 22.2 Å². The molecule has 3 fully saturated rings. The number of hydrogen-bond acceptors (Lipinski definition) is 6. The Morgan fingerprint density at radius 2 is 1.57 bits per heavy atom. The number of anilines is 1. The van der Waals surface area contributed by atoms with Crippen molar-refractivity contribution >= 4 is 111 Å². The van der Waals surface area contributed by atoms with Crippen molar-refractivity contribution in [3.05, 3.63) is 91.9 Å². The number of rotatable bonds is 7. The van der Waals surface area contributed by atoms with Gasteiger partial charge in [0, 0.05) is 35.7 Å². The summed E-state index contributed by atoms with van der Waals surface area (Å²) in [6.07, 6.45) is 1.52. The van der Waals surface area contributed by atoms with Crippen molar-refractivity contribution < 1.29 is 23.9 Å². The topological polar surface area (TPSA) is 93.6 Å². The predicted molar refractivity (Wildman–Crippen MR) is 192 cm³/mol. The fraction of sp³-hybridized carbons (Fsp3) is 0.286. The minimum Gasteiger partial charge on any atom is -0.454 e. The lowest BCUT2D eigenvalue weighted by Gasteiger charge is -2.28. The highest BCUT2D eigenvalue weighted by molar-refractivity contribution is 9.12. The van der Waals surface area contributed by atoms with Gasteiger partial charge in [-0.25, -0.2) is 9.78 Å². The van der Waals surface area contributed by atoms with Gasteiger partial charge in [-0.1, -0.05) is 90.0 Å². The molecule has 0 N–H and O–H groups in total. The number of fused-ring (bicyclic) bond motifs is 6. The Kier molecular flexibility index (Phi) is 8.87. The van der Waals surface area contributed by atoms with Crippen LogP contribution in [0.3, 0.4) is 0 Å². The zero-order chi connectivity index (χ0) is 33.3. The Morgan fingerprint density at radius 1 is 0.915 bits per heavy atom. The van der Waals surface area contributed by atoms with Gasteiger partial charge in [0.15, 0.2) is 6.61 Å². The van der Waals surface area contributed by atoms with E-state index in [1.807, 2.05) is 13.0 Å². The van der Waals surface area contributed by atoms with Crippen LogP contribution in [0.4, 0.5) is 5.69 Å². The van der Waals surface area contributed by atoms with Gasteiger partial charge in [0.05, 0.1) is 39.3 Å². The van der Waals surface area contributed by atoms with Crippen LogP contribution in [0.1, 0.15) is 39.6 Å². The summed E-state index contributed by atoms with van der Waals surface area (Å²) in [6, 6.07) is 16.9. The molecule has 1 aromatic heterocycles. The highest BCUT2D eigenvalue weighted by Gasteiger charge is 2.66. The summed E-state index contributed by atoms with van der Waals surface area (Å²) in [6.45, 7) is 1.48. The molecule has 4 aromatic rings. The molecule has 7 rings (SSSR count). The number of nitrogens with zero attached hydrogens (tertiary/aromatic N) is 2. The Bertz CT molecular complexity index is 1970. The fourth-order valence-corrected chi connectivity index (χ4v) is 10.2. The van der Waals surface area contributed by atoms with Crippen molar-refractivity contribution in [3.8, 4) is 11.3 Å². The van der Waals surface area contributed by atoms with Crippen molar-refractivity contribution in [1.29, 1.82) is 0 Å². The monoisotopic (exact) mass is 860 g/mol. The normalized spacial score (nSPS) is 24.7. The number of pyridine rings is 1. The number of imide groups is 1. The first-order chi connectivity index (χ1) is 22.5. The molecular weight excluding hydrogens is 839 g/mol. The van der Waals surface area contributed by atoms with Crippen LogP contribution in [-0.4, -0.2) is 44.8 Å². The summed E-state index contributed by atoms with van der Waals surface area (Å²) in [5.41, 5.74) is 3.66. The molecule has 2 saturated carbocycles. The number of aromatic nitrogens is 1. The molecule has 6 atom stereocenters. The Morgan fingerprint density at radius 3 is 2.19 bits per heavy atom. The molecule has 1 aliphatic heterocycles. The van der Waals surface area contributed by atoms with Gasteiger partial charge in [0.2, 0.25) is 17.6 Å². The molecule has 6 unspecified atom stereocenters. The second-order valence-corrected chi connectivity index (χ2v) is 15.9. The average molecular weight is 864 g/mol. The van der Waals surface area contributed by atoms with Gasteiger partial charge in [0.1, 0.15) is 0 Å². The molecule has 1 saturated heterocycles. The van der Waals surface area contributed by atoms with E-state index in [1.54, 1.807) is 42.5 Å². The maximum Gasteiger partial charge on any atom is 0.339 e. The summed E-state index contributed by atoms with van der Waals surface area (Å²) in [7, 11) is 0. The minimum atomic E-state index is -0.696.